The van der Waals surface area contributed by atoms with Crippen molar-refractivity contribution in [3.8, 4) is 0 Å². The third-order valence-corrected chi connectivity index (χ3v) is 3.69. The first-order chi connectivity index (χ1) is 12.2. The zero-order valence-corrected chi connectivity index (χ0v) is 15.2. The molecule has 7 nitrogen and oxygen atoms in total. The van der Waals surface area contributed by atoms with Gasteiger partial charge in [0.15, 0.2) is 0 Å². The Balaban J connectivity index is 2.03. The molecule has 0 bridgehead atoms. The van der Waals surface area contributed by atoms with Crippen molar-refractivity contribution in [3.63, 3.8) is 0 Å². The van der Waals surface area contributed by atoms with Crippen molar-refractivity contribution in [2.45, 2.75) is 46.1 Å². The van der Waals surface area contributed by atoms with E-state index in [0.717, 1.165) is 50.0 Å². The number of rotatable bonds is 11. The number of unbranched alkanes of at least 4 members (excludes halogenated alkanes) is 2. The average Bonchev–Trinajstić information content (AvgIpc) is 2.62. The minimum absolute atomic E-state index is 0.560. The van der Waals surface area contributed by atoms with Gasteiger partial charge in [0.2, 0.25) is 17.8 Å². The lowest BCUT2D eigenvalue weighted by molar-refractivity contribution is 0.814. The van der Waals surface area contributed by atoms with E-state index in [1.165, 1.54) is 0 Å². The summed E-state index contributed by atoms with van der Waals surface area (Å²) in [6.07, 6.45) is 4.42. The fourth-order valence-corrected chi connectivity index (χ4v) is 2.18. The molecule has 7 heteroatoms. The maximum absolute atomic E-state index is 5.72. The molecular formula is C18H29N7. The second-order valence-electron chi connectivity index (χ2n) is 5.96. The molecule has 0 radical (unpaired) electrons. The standard InChI is InChI=1S/C18H29N7/c1-3-5-11-20-16-23-17(21-12-6-4-2)25-18(24-16)22-13-14-7-9-15(19)10-8-14/h7-10H,3-6,11-13,19H2,1-2H3,(H3,20,21,22,23,24,25). The number of nitrogens with one attached hydrogen (secondary N) is 3. The van der Waals surface area contributed by atoms with Gasteiger partial charge in [0.25, 0.3) is 0 Å². The molecular weight excluding hydrogens is 314 g/mol. The molecule has 136 valence electrons. The van der Waals surface area contributed by atoms with Crippen LogP contribution in [0.25, 0.3) is 0 Å². The van der Waals surface area contributed by atoms with Gasteiger partial charge in [-0.1, -0.05) is 38.8 Å². The Labute approximate surface area is 149 Å². The van der Waals surface area contributed by atoms with Crippen LogP contribution >= 0.6 is 0 Å². The molecule has 0 atom stereocenters. The summed E-state index contributed by atoms with van der Waals surface area (Å²) in [7, 11) is 0. The van der Waals surface area contributed by atoms with E-state index in [9.17, 15) is 0 Å². The Morgan fingerprint density at radius 3 is 1.72 bits per heavy atom. The molecule has 5 N–H and O–H groups in total. The SMILES string of the molecule is CCCCNc1nc(NCCCC)nc(NCc2ccc(N)cc2)n1. The fraction of sp³-hybridized carbons (Fsp3) is 0.500. The Hall–Kier alpha value is -2.57. The van der Waals surface area contributed by atoms with Crippen molar-refractivity contribution in [1.29, 1.82) is 0 Å². The second-order valence-corrected chi connectivity index (χ2v) is 5.96. The number of nitrogen functional groups attached to an aromatic ring is 1. The number of aromatic nitrogens is 3. The number of nitrogens with two attached hydrogens (primary N) is 1. The smallest absolute Gasteiger partial charge is 0.229 e. The summed E-state index contributed by atoms with van der Waals surface area (Å²) in [5.74, 6) is 1.76. The van der Waals surface area contributed by atoms with Crippen LogP contribution in [0.3, 0.4) is 0 Å². The van der Waals surface area contributed by atoms with Gasteiger partial charge in [0, 0.05) is 25.3 Å². The molecule has 0 spiro atoms. The Bertz CT molecular complexity index is 600. The molecule has 0 aliphatic carbocycles. The number of hydrogen-bond donors (Lipinski definition) is 4. The van der Waals surface area contributed by atoms with Gasteiger partial charge in [-0.15, -0.1) is 0 Å². The summed E-state index contributed by atoms with van der Waals surface area (Å²) in [4.78, 5) is 13.4. The second kappa shape index (κ2) is 10.3. The van der Waals surface area contributed by atoms with Crippen molar-refractivity contribution in [2.24, 2.45) is 0 Å². The van der Waals surface area contributed by atoms with Gasteiger partial charge in [-0.25, -0.2) is 0 Å². The molecule has 2 rings (SSSR count). The quantitative estimate of drug-likeness (QED) is 0.366. The van der Waals surface area contributed by atoms with Crippen LogP contribution < -0.4 is 21.7 Å². The lowest BCUT2D eigenvalue weighted by atomic mass is 10.2. The predicted octanol–water partition coefficient (Wildman–Crippen LogP) is 3.49. The molecule has 1 aromatic heterocycles. The van der Waals surface area contributed by atoms with Crippen LogP contribution in [0.1, 0.15) is 45.1 Å². The molecule has 0 aliphatic rings. The molecule has 0 amide bonds. The van der Waals surface area contributed by atoms with E-state index in [4.69, 9.17) is 5.73 Å². The Morgan fingerprint density at radius 2 is 1.24 bits per heavy atom. The third kappa shape index (κ3) is 6.82. The maximum atomic E-state index is 5.72. The minimum Gasteiger partial charge on any atom is -0.399 e. The van der Waals surface area contributed by atoms with Crippen LogP contribution in [0.2, 0.25) is 0 Å². The van der Waals surface area contributed by atoms with Crippen LogP contribution in [0.4, 0.5) is 23.5 Å². The molecule has 2 aromatic rings. The largest absolute Gasteiger partial charge is 0.399 e. The van der Waals surface area contributed by atoms with E-state index < -0.39 is 0 Å². The van der Waals surface area contributed by atoms with Crippen molar-refractivity contribution < 1.29 is 0 Å². The zero-order valence-electron chi connectivity index (χ0n) is 15.2. The van der Waals surface area contributed by atoms with E-state index in [2.05, 4.69) is 44.7 Å². The number of anilines is 4. The van der Waals surface area contributed by atoms with Crippen molar-refractivity contribution in [1.82, 2.24) is 15.0 Å². The molecule has 1 heterocycles. The first kappa shape index (κ1) is 18.8. The van der Waals surface area contributed by atoms with Gasteiger partial charge in [0.1, 0.15) is 0 Å². The lowest BCUT2D eigenvalue weighted by Crippen LogP contribution is -2.13. The van der Waals surface area contributed by atoms with Gasteiger partial charge >= 0.3 is 0 Å². The third-order valence-electron chi connectivity index (χ3n) is 3.69. The van der Waals surface area contributed by atoms with E-state index >= 15 is 0 Å². The zero-order chi connectivity index (χ0) is 17.9. The Morgan fingerprint density at radius 1 is 0.760 bits per heavy atom. The van der Waals surface area contributed by atoms with Gasteiger partial charge in [0.05, 0.1) is 0 Å². The first-order valence-corrected chi connectivity index (χ1v) is 9.03. The first-order valence-electron chi connectivity index (χ1n) is 9.03. The molecule has 0 saturated carbocycles. The topological polar surface area (TPSA) is 101 Å². The average molecular weight is 343 g/mol. The van der Waals surface area contributed by atoms with Crippen LogP contribution in [0.5, 0.6) is 0 Å². The van der Waals surface area contributed by atoms with Gasteiger partial charge < -0.3 is 21.7 Å². The summed E-state index contributed by atoms with van der Waals surface area (Å²) in [5.41, 5.74) is 7.60. The highest BCUT2D eigenvalue weighted by atomic mass is 15.3. The number of hydrogen-bond acceptors (Lipinski definition) is 7. The van der Waals surface area contributed by atoms with E-state index in [0.29, 0.717) is 24.4 Å². The highest BCUT2D eigenvalue weighted by molar-refractivity contribution is 5.44. The monoisotopic (exact) mass is 343 g/mol. The van der Waals surface area contributed by atoms with Crippen molar-refractivity contribution >= 4 is 23.5 Å². The molecule has 0 unspecified atom stereocenters. The van der Waals surface area contributed by atoms with Gasteiger partial charge in [-0.3, -0.25) is 0 Å². The number of nitrogens with zero attached hydrogens (tertiary/aromatic N) is 3. The fourth-order valence-electron chi connectivity index (χ4n) is 2.18. The minimum atomic E-state index is 0.560. The van der Waals surface area contributed by atoms with Crippen LogP contribution in [-0.2, 0) is 6.54 Å². The van der Waals surface area contributed by atoms with Gasteiger partial charge in [-0.2, -0.15) is 15.0 Å². The molecule has 0 aliphatic heterocycles. The molecule has 1 aromatic carbocycles. The normalized spacial score (nSPS) is 10.5. The summed E-state index contributed by atoms with van der Waals surface area (Å²) >= 11 is 0. The maximum Gasteiger partial charge on any atom is 0.229 e. The highest BCUT2D eigenvalue weighted by Gasteiger charge is 2.06. The van der Waals surface area contributed by atoms with E-state index in [1.54, 1.807) is 0 Å². The van der Waals surface area contributed by atoms with Gasteiger partial charge in [-0.05, 0) is 30.5 Å². The summed E-state index contributed by atoms with van der Waals surface area (Å²) in [6.45, 7) is 6.66. The van der Waals surface area contributed by atoms with Crippen LogP contribution in [0, 0.1) is 0 Å². The van der Waals surface area contributed by atoms with Crippen molar-refractivity contribution in [2.75, 3.05) is 34.8 Å². The Kier molecular flexibility index (Phi) is 7.75. The summed E-state index contributed by atoms with van der Waals surface area (Å²) in [6, 6.07) is 7.76. The lowest BCUT2D eigenvalue weighted by Gasteiger charge is -2.11. The van der Waals surface area contributed by atoms with Crippen LogP contribution in [0.15, 0.2) is 24.3 Å². The molecule has 0 saturated heterocycles. The van der Waals surface area contributed by atoms with Crippen molar-refractivity contribution in [3.05, 3.63) is 29.8 Å². The van der Waals surface area contributed by atoms with E-state index in [1.807, 2.05) is 24.3 Å². The van der Waals surface area contributed by atoms with Crippen LogP contribution in [-0.4, -0.2) is 28.0 Å². The molecule has 0 fully saturated rings. The highest BCUT2D eigenvalue weighted by Crippen LogP contribution is 2.12. The summed E-state index contributed by atoms with van der Waals surface area (Å²) in [5, 5.41) is 9.79. The van der Waals surface area contributed by atoms with E-state index in [-0.39, 0.29) is 0 Å². The summed E-state index contributed by atoms with van der Waals surface area (Å²) < 4.78 is 0. The molecule has 25 heavy (non-hydrogen) atoms. The predicted molar refractivity (Wildman–Crippen MR) is 105 cm³/mol. The number of benzene rings is 1.